The zero-order valence-electron chi connectivity index (χ0n) is 17.6. The zero-order valence-corrected chi connectivity index (χ0v) is 17.6. The molecule has 2 amide bonds. The van der Waals surface area contributed by atoms with Crippen molar-refractivity contribution in [2.24, 2.45) is 5.92 Å². The molecule has 2 N–H and O–H groups in total. The number of carbonyl (C=O) groups excluding carboxylic acids is 3. The van der Waals surface area contributed by atoms with E-state index in [2.05, 4.69) is 11.9 Å². The Morgan fingerprint density at radius 2 is 1.90 bits per heavy atom. The predicted octanol–water partition coefficient (Wildman–Crippen LogP) is 1.98. The van der Waals surface area contributed by atoms with Crippen LogP contribution in [0.15, 0.2) is 54.3 Å². The normalized spacial score (nSPS) is 19.8. The zero-order chi connectivity index (χ0) is 22.9. The molecule has 1 aromatic rings. The lowest BCUT2D eigenvalue weighted by molar-refractivity contribution is -0.139. The molecule has 2 atom stereocenters. The molecular formula is C22H25N3O6. The minimum absolute atomic E-state index is 0.0167. The van der Waals surface area contributed by atoms with Crippen LogP contribution in [0.25, 0.3) is 0 Å². The third-order valence-corrected chi connectivity index (χ3v) is 4.87. The van der Waals surface area contributed by atoms with Crippen LogP contribution in [-0.4, -0.2) is 63.6 Å². The lowest BCUT2D eigenvalue weighted by atomic mass is 9.94. The first-order valence-corrected chi connectivity index (χ1v) is 9.80. The predicted molar refractivity (Wildman–Crippen MR) is 111 cm³/mol. The van der Waals surface area contributed by atoms with Gasteiger partial charge in [-0.05, 0) is 26.3 Å². The Labute approximate surface area is 179 Å². The van der Waals surface area contributed by atoms with Crippen molar-refractivity contribution >= 4 is 23.8 Å². The Morgan fingerprint density at radius 1 is 1.26 bits per heavy atom. The van der Waals surface area contributed by atoms with E-state index in [1.807, 2.05) is 0 Å². The molecule has 0 aliphatic carbocycles. The molecule has 0 aromatic heterocycles. The van der Waals surface area contributed by atoms with E-state index in [-0.39, 0.29) is 24.4 Å². The number of nitrogens with zero attached hydrogens (tertiary/aromatic N) is 2. The van der Waals surface area contributed by atoms with E-state index in [1.165, 1.54) is 11.1 Å². The molecule has 0 saturated carbocycles. The maximum atomic E-state index is 13.3. The number of carbonyl (C=O) groups is 4. The summed E-state index contributed by atoms with van der Waals surface area (Å²) in [6, 6.07) is 7.37. The standard InChI is InChI=1S/C22H25N3O6/c1-5-14(20(28)29)15-11-24-12-16(23-21(30)31-22(2,3)4)19(27)25(24)17(15)18(26)13-9-7-6-8-10-13/h5-10,14,16H,1,11-12H2,2-4H3,(H,23,30)(H,28,29)/t14?,16-/m0/s1. The van der Waals surface area contributed by atoms with Gasteiger partial charge in [0, 0.05) is 18.7 Å². The average Bonchev–Trinajstić information content (AvgIpc) is 3.17. The van der Waals surface area contributed by atoms with Crippen LogP contribution in [0.1, 0.15) is 31.1 Å². The highest BCUT2D eigenvalue weighted by atomic mass is 16.6. The number of ketones is 1. The number of hydrogen-bond donors (Lipinski definition) is 2. The summed E-state index contributed by atoms with van der Waals surface area (Å²) in [7, 11) is 0. The number of allylic oxidation sites excluding steroid dienone is 1. The van der Waals surface area contributed by atoms with Crippen molar-refractivity contribution in [3.8, 4) is 0 Å². The van der Waals surface area contributed by atoms with E-state index in [9.17, 15) is 24.3 Å². The monoisotopic (exact) mass is 427 g/mol. The second kappa shape index (κ2) is 8.35. The highest BCUT2D eigenvalue weighted by Gasteiger charge is 2.49. The van der Waals surface area contributed by atoms with E-state index in [4.69, 9.17) is 4.74 Å². The summed E-state index contributed by atoms with van der Waals surface area (Å²) in [5.41, 5.74) is -0.152. The molecule has 9 heteroatoms. The van der Waals surface area contributed by atoms with Gasteiger partial charge in [-0.2, -0.15) is 0 Å². The fourth-order valence-corrected chi connectivity index (χ4v) is 3.62. The van der Waals surface area contributed by atoms with Gasteiger partial charge in [0.1, 0.15) is 17.3 Å². The van der Waals surface area contributed by atoms with Gasteiger partial charge in [-0.1, -0.05) is 36.4 Å². The fourth-order valence-electron chi connectivity index (χ4n) is 3.62. The molecule has 1 saturated heterocycles. The first-order chi connectivity index (χ1) is 14.5. The summed E-state index contributed by atoms with van der Waals surface area (Å²) >= 11 is 0. The maximum Gasteiger partial charge on any atom is 0.408 e. The fraction of sp³-hybridized carbons (Fsp3) is 0.364. The van der Waals surface area contributed by atoms with Gasteiger partial charge in [0.25, 0.3) is 5.91 Å². The number of amides is 2. The number of alkyl carbamates (subject to hydrolysis) is 1. The van der Waals surface area contributed by atoms with Crippen LogP contribution < -0.4 is 5.32 Å². The van der Waals surface area contributed by atoms with Gasteiger partial charge in [0.15, 0.2) is 0 Å². The number of aliphatic carboxylic acids is 1. The highest BCUT2D eigenvalue weighted by Crippen LogP contribution is 2.35. The number of fused-ring (bicyclic) bond motifs is 1. The van der Waals surface area contributed by atoms with E-state index in [1.54, 1.807) is 56.1 Å². The molecule has 0 radical (unpaired) electrons. The molecule has 2 heterocycles. The van der Waals surface area contributed by atoms with Gasteiger partial charge in [-0.3, -0.25) is 14.4 Å². The topological polar surface area (TPSA) is 116 Å². The molecule has 0 bridgehead atoms. The number of hydrazine groups is 1. The van der Waals surface area contributed by atoms with E-state index < -0.39 is 41.3 Å². The molecule has 1 fully saturated rings. The molecule has 2 aliphatic heterocycles. The number of Topliss-reactive ketones (excluding diaryl/α,β-unsaturated/α-hetero) is 1. The molecule has 3 rings (SSSR count). The number of carboxylic acids is 1. The minimum Gasteiger partial charge on any atom is -0.481 e. The summed E-state index contributed by atoms with van der Waals surface area (Å²) in [4.78, 5) is 50.3. The SMILES string of the molecule is C=CC(C(=O)O)C1=C(C(=O)c2ccccc2)N2C(=O)[C@@H](NC(=O)OC(C)(C)C)CN2C1. The molecule has 164 valence electrons. The Balaban J connectivity index is 1.95. The lowest BCUT2D eigenvalue weighted by Crippen LogP contribution is -2.45. The van der Waals surface area contributed by atoms with Gasteiger partial charge in [-0.25, -0.2) is 14.8 Å². The first-order valence-electron chi connectivity index (χ1n) is 9.80. The quantitative estimate of drug-likeness (QED) is 0.527. The van der Waals surface area contributed by atoms with Crippen LogP contribution in [0, 0.1) is 5.92 Å². The van der Waals surface area contributed by atoms with E-state index in [0.717, 1.165) is 0 Å². The second-order valence-electron chi connectivity index (χ2n) is 8.32. The Kier molecular flexibility index (Phi) is 5.99. The Hall–Kier alpha value is -3.46. The van der Waals surface area contributed by atoms with Crippen molar-refractivity contribution in [3.63, 3.8) is 0 Å². The van der Waals surface area contributed by atoms with Crippen LogP contribution in [0.4, 0.5) is 4.79 Å². The van der Waals surface area contributed by atoms with Crippen molar-refractivity contribution in [2.45, 2.75) is 32.4 Å². The van der Waals surface area contributed by atoms with Gasteiger partial charge < -0.3 is 15.2 Å². The van der Waals surface area contributed by atoms with Crippen molar-refractivity contribution in [2.75, 3.05) is 13.1 Å². The van der Waals surface area contributed by atoms with Crippen molar-refractivity contribution in [3.05, 3.63) is 59.8 Å². The van der Waals surface area contributed by atoms with Crippen LogP contribution in [0.2, 0.25) is 0 Å². The summed E-state index contributed by atoms with van der Waals surface area (Å²) in [5, 5.41) is 14.9. The van der Waals surface area contributed by atoms with Crippen molar-refractivity contribution < 1.29 is 29.0 Å². The number of ether oxygens (including phenoxy) is 1. The molecular weight excluding hydrogens is 402 g/mol. The van der Waals surface area contributed by atoms with Crippen LogP contribution >= 0.6 is 0 Å². The van der Waals surface area contributed by atoms with Crippen LogP contribution in [0.5, 0.6) is 0 Å². The van der Waals surface area contributed by atoms with Gasteiger partial charge in [-0.15, -0.1) is 6.58 Å². The molecule has 9 nitrogen and oxygen atoms in total. The van der Waals surface area contributed by atoms with Crippen molar-refractivity contribution in [1.29, 1.82) is 0 Å². The van der Waals surface area contributed by atoms with Gasteiger partial charge >= 0.3 is 12.1 Å². The Morgan fingerprint density at radius 3 is 2.45 bits per heavy atom. The van der Waals surface area contributed by atoms with Crippen molar-refractivity contribution in [1.82, 2.24) is 15.3 Å². The summed E-state index contributed by atoms with van der Waals surface area (Å²) in [6.45, 7) is 8.82. The third kappa shape index (κ3) is 4.51. The average molecular weight is 427 g/mol. The van der Waals surface area contributed by atoms with E-state index in [0.29, 0.717) is 5.56 Å². The minimum atomic E-state index is -1.17. The van der Waals surface area contributed by atoms with Crippen LogP contribution in [-0.2, 0) is 14.3 Å². The van der Waals surface area contributed by atoms with Gasteiger partial charge in [0.2, 0.25) is 5.78 Å². The third-order valence-electron chi connectivity index (χ3n) is 4.87. The lowest BCUT2D eigenvalue weighted by Gasteiger charge is -2.22. The Bertz CT molecular complexity index is 963. The number of carboxylic acid groups (broad SMARTS) is 1. The van der Waals surface area contributed by atoms with Gasteiger partial charge in [0.05, 0.1) is 5.92 Å². The molecule has 1 aromatic carbocycles. The number of nitrogens with one attached hydrogen (secondary N) is 1. The summed E-state index contributed by atoms with van der Waals surface area (Å²) in [5.74, 6) is -3.30. The summed E-state index contributed by atoms with van der Waals surface area (Å²) in [6.07, 6.45) is 0.489. The summed E-state index contributed by atoms with van der Waals surface area (Å²) < 4.78 is 5.21. The molecule has 0 spiro atoms. The first kappa shape index (κ1) is 22.2. The highest BCUT2D eigenvalue weighted by molar-refractivity contribution is 6.12. The number of rotatable bonds is 6. The maximum absolute atomic E-state index is 13.3. The second-order valence-corrected chi connectivity index (χ2v) is 8.32. The molecule has 2 aliphatic rings. The van der Waals surface area contributed by atoms with E-state index >= 15 is 0 Å². The molecule has 1 unspecified atom stereocenters. The number of benzene rings is 1. The largest absolute Gasteiger partial charge is 0.481 e. The number of hydrogen-bond acceptors (Lipinski definition) is 6. The smallest absolute Gasteiger partial charge is 0.408 e. The molecule has 31 heavy (non-hydrogen) atoms. The van der Waals surface area contributed by atoms with Crippen LogP contribution in [0.3, 0.4) is 0 Å².